The Kier molecular flexibility index (Phi) is 3.98. The summed E-state index contributed by atoms with van der Waals surface area (Å²) in [5.41, 5.74) is 3.64. The lowest BCUT2D eigenvalue weighted by atomic mass is 10.1. The van der Waals surface area contributed by atoms with Crippen LogP contribution in [0.1, 0.15) is 13.8 Å². The summed E-state index contributed by atoms with van der Waals surface area (Å²) < 4.78 is 0. The average molecular weight is 240 g/mol. The van der Waals surface area contributed by atoms with E-state index >= 15 is 0 Å². The van der Waals surface area contributed by atoms with Crippen molar-refractivity contribution in [2.45, 2.75) is 13.8 Å². The summed E-state index contributed by atoms with van der Waals surface area (Å²) in [5.74, 6) is 0.674. The van der Waals surface area contributed by atoms with Crippen molar-refractivity contribution in [3.05, 3.63) is 48.8 Å². The standard InChI is InChI=1S/C16H20N2/c1-13(2)12-18(3)16-8-6-14(7-9-16)15-5-4-10-17-11-15/h4-11,13H,12H2,1-3H3. The van der Waals surface area contributed by atoms with Gasteiger partial charge in [0.25, 0.3) is 0 Å². The third kappa shape index (κ3) is 3.10. The molecule has 0 aliphatic rings. The minimum Gasteiger partial charge on any atom is -0.374 e. The summed E-state index contributed by atoms with van der Waals surface area (Å²) >= 11 is 0. The van der Waals surface area contributed by atoms with E-state index in [4.69, 9.17) is 0 Å². The molecule has 0 aliphatic heterocycles. The fraction of sp³-hybridized carbons (Fsp3) is 0.312. The Balaban J connectivity index is 2.15. The predicted octanol–water partition coefficient (Wildman–Crippen LogP) is 3.84. The second kappa shape index (κ2) is 5.67. The first-order chi connectivity index (χ1) is 8.66. The topological polar surface area (TPSA) is 16.1 Å². The van der Waals surface area contributed by atoms with Gasteiger partial charge in [-0.25, -0.2) is 0 Å². The molecular weight excluding hydrogens is 220 g/mol. The molecule has 2 aromatic rings. The van der Waals surface area contributed by atoms with E-state index in [0.29, 0.717) is 5.92 Å². The Labute approximate surface area is 109 Å². The molecule has 0 aliphatic carbocycles. The minimum absolute atomic E-state index is 0.674. The summed E-state index contributed by atoms with van der Waals surface area (Å²) in [7, 11) is 2.14. The molecule has 0 atom stereocenters. The van der Waals surface area contributed by atoms with Gasteiger partial charge in [-0.3, -0.25) is 4.98 Å². The molecule has 1 heterocycles. The van der Waals surface area contributed by atoms with Crippen molar-refractivity contribution in [3.63, 3.8) is 0 Å². The van der Waals surface area contributed by atoms with Crippen LogP contribution in [0, 0.1) is 5.92 Å². The van der Waals surface area contributed by atoms with Gasteiger partial charge < -0.3 is 4.90 Å². The van der Waals surface area contributed by atoms with Gasteiger partial charge in [-0.15, -0.1) is 0 Å². The van der Waals surface area contributed by atoms with Crippen LogP contribution >= 0.6 is 0 Å². The molecule has 1 aromatic carbocycles. The van der Waals surface area contributed by atoms with E-state index in [1.165, 1.54) is 11.3 Å². The first-order valence-electron chi connectivity index (χ1n) is 6.38. The molecule has 0 spiro atoms. The number of rotatable bonds is 4. The van der Waals surface area contributed by atoms with Crippen LogP contribution in [-0.4, -0.2) is 18.6 Å². The zero-order valence-electron chi connectivity index (χ0n) is 11.3. The van der Waals surface area contributed by atoms with E-state index in [9.17, 15) is 0 Å². The number of anilines is 1. The normalized spacial score (nSPS) is 10.7. The van der Waals surface area contributed by atoms with E-state index in [-0.39, 0.29) is 0 Å². The fourth-order valence-electron chi connectivity index (χ4n) is 2.10. The maximum Gasteiger partial charge on any atom is 0.0364 e. The second-order valence-corrected chi connectivity index (χ2v) is 5.06. The molecule has 0 unspecified atom stereocenters. The lowest BCUT2D eigenvalue weighted by Crippen LogP contribution is -2.22. The van der Waals surface area contributed by atoms with Gasteiger partial charge in [0.1, 0.15) is 0 Å². The Morgan fingerprint density at radius 2 is 1.78 bits per heavy atom. The number of aromatic nitrogens is 1. The van der Waals surface area contributed by atoms with E-state index < -0.39 is 0 Å². The summed E-state index contributed by atoms with van der Waals surface area (Å²) in [6, 6.07) is 12.7. The molecule has 94 valence electrons. The van der Waals surface area contributed by atoms with E-state index in [0.717, 1.165) is 12.1 Å². The van der Waals surface area contributed by atoms with Crippen LogP contribution in [0.15, 0.2) is 48.8 Å². The van der Waals surface area contributed by atoms with Crippen LogP contribution in [0.25, 0.3) is 11.1 Å². The number of hydrogen-bond donors (Lipinski definition) is 0. The third-order valence-corrected chi connectivity index (χ3v) is 2.94. The molecular formula is C16H20N2. The molecule has 2 rings (SSSR count). The molecule has 0 fully saturated rings. The van der Waals surface area contributed by atoms with Crippen LogP contribution in [0.2, 0.25) is 0 Å². The minimum atomic E-state index is 0.674. The molecule has 1 aromatic heterocycles. The SMILES string of the molecule is CC(C)CN(C)c1ccc(-c2cccnc2)cc1. The molecule has 2 heteroatoms. The average Bonchev–Trinajstić information content (AvgIpc) is 2.39. The van der Waals surface area contributed by atoms with Crippen molar-refractivity contribution in [2.24, 2.45) is 5.92 Å². The fourth-order valence-corrected chi connectivity index (χ4v) is 2.10. The van der Waals surface area contributed by atoms with Crippen molar-refractivity contribution in [3.8, 4) is 11.1 Å². The molecule has 0 amide bonds. The van der Waals surface area contributed by atoms with Gasteiger partial charge in [-0.05, 0) is 35.2 Å². The highest BCUT2D eigenvalue weighted by Crippen LogP contribution is 2.22. The first-order valence-corrected chi connectivity index (χ1v) is 6.38. The first kappa shape index (κ1) is 12.6. The molecule has 0 N–H and O–H groups in total. The van der Waals surface area contributed by atoms with Crippen molar-refractivity contribution in [2.75, 3.05) is 18.5 Å². The van der Waals surface area contributed by atoms with Gasteiger partial charge in [-0.2, -0.15) is 0 Å². The summed E-state index contributed by atoms with van der Waals surface area (Å²) in [5, 5.41) is 0. The monoisotopic (exact) mass is 240 g/mol. The van der Waals surface area contributed by atoms with Crippen LogP contribution in [0.4, 0.5) is 5.69 Å². The highest BCUT2D eigenvalue weighted by atomic mass is 15.1. The quantitative estimate of drug-likeness (QED) is 0.807. The lowest BCUT2D eigenvalue weighted by Gasteiger charge is -2.21. The van der Waals surface area contributed by atoms with Gasteiger partial charge in [0, 0.05) is 31.7 Å². The van der Waals surface area contributed by atoms with Crippen molar-refractivity contribution < 1.29 is 0 Å². The van der Waals surface area contributed by atoms with Gasteiger partial charge in [-0.1, -0.05) is 32.0 Å². The van der Waals surface area contributed by atoms with Crippen LogP contribution in [0.5, 0.6) is 0 Å². The molecule has 0 bridgehead atoms. The Morgan fingerprint density at radius 3 is 2.33 bits per heavy atom. The highest BCUT2D eigenvalue weighted by molar-refractivity contribution is 5.65. The van der Waals surface area contributed by atoms with Crippen LogP contribution in [0.3, 0.4) is 0 Å². The third-order valence-electron chi connectivity index (χ3n) is 2.94. The summed E-state index contributed by atoms with van der Waals surface area (Å²) in [4.78, 5) is 6.44. The largest absolute Gasteiger partial charge is 0.374 e. The summed E-state index contributed by atoms with van der Waals surface area (Å²) in [6.07, 6.45) is 3.70. The second-order valence-electron chi connectivity index (χ2n) is 5.06. The number of pyridine rings is 1. The molecule has 2 nitrogen and oxygen atoms in total. The van der Waals surface area contributed by atoms with Crippen molar-refractivity contribution >= 4 is 5.69 Å². The number of hydrogen-bond acceptors (Lipinski definition) is 2. The number of benzene rings is 1. The Bertz CT molecular complexity index is 474. The van der Waals surface area contributed by atoms with Gasteiger partial charge in [0.05, 0.1) is 0 Å². The maximum absolute atomic E-state index is 4.15. The van der Waals surface area contributed by atoms with E-state index in [2.05, 4.69) is 61.1 Å². The van der Waals surface area contributed by atoms with Crippen LogP contribution in [-0.2, 0) is 0 Å². The lowest BCUT2D eigenvalue weighted by molar-refractivity contribution is 0.638. The van der Waals surface area contributed by atoms with Gasteiger partial charge in [0.2, 0.25) is 0 Å². The highest BCUT2D eigenvalue weighted by Gasteiger charge is 2.04. The zero-order chi connectivity index (χ0) is 13.0. The molecule has 0 saturated heterocycles. The molecule has 0 radical (unpaired) electrons. The van der Waals surface area contributed by atoms with Crippen LogP contribution < -0.4 is 4.90 Å². The van der Waals surface area contributed by atoms with Gasteiger partial charge >= 0.3 is 0 Å². The Morgan fingerprint density at radius 1 is 1.06 bits per heavy atom. The van der Waals surface area contributed by atoms with Gasteiger partial charge in [0.15, 0.2) is 0 Å². The van der Waals surface area contributed by atoms with E-state index in [1.54, 1.807) is 6.20 Å². The van der Waals surface area contributed by atoms with Crippen molar-refractivity contribution in [1.82, 2.24) is 4.98 Å². The summed E-state index contributed by atoms with van der Waals surface area (Å²) in [6.45, 7) is 5.55. The smallest absolute Gasteiger partial charge is 0.0364 e. The number of nitrogens with zero attached hydrogens (tertiary/aromatic N) is 2. The zero-order valence-corrected chi connectivity index (χ0v) is 11.3. The molecule has 0 saturated carbocycles. The predicted molar refractivity (Wildman–Crippen MR) is 77.8 cm³/mol. The van der Waals surface area contributed by atoms with E-state index in [1.807, 2.05) is 12.3 Å². The molecule has 18 heavy (non-hydrogen) atoms. The van der Waals surface area contributed by atoms with Crippen molar-refractivity contribution in [1.29, 1.82) is 0 Å². The maximum atomic E-state index is 4.15. The Hall–Kier alpha value is -1.83.